The number of aryl methyl sites for hydroxylation is 1. The average molecular weight is 339 g/mol. The highest BCUT2D eigenvalue weighted by Crippen LogP contribution is 2.49. The number of fused-ring (bicyclic) bond motifs is 3. The number of methoxy groups -OCH3 is 2. The number of hydrogen-bond acceptors (Lipinski definition) is 4. The predicted octanol–water partition coefficient (Wildman–Crippen LogP) is 4.65. The van der Waals surface area contributed by atoms with Crippen molar-refractivity contribution >= 4 is 5.69 Å². The SMILES string of the molecule is COc1ccc(C2Nc3ccc(C)cc3[C@H]3OCCC[C@@H]23)cc1OC. The van der Waals surface area contributed by atoms with E-state index < -0.39 is 0 Å². The zero-order valence-corrected chi connectivity index (χ0v) is 15.0. The minimum Gasteiger partial charge on any atom is -0.493 e. The second kappa shape index (κ2) is 6.60. The molecule has 0 radical (unpaired) electrons. The molecule has 2 heterocycles. The maximum Gasteiger partial charge on any atom is 0.161 e. The first-order valence-corrected chi connectivity index (χ1v) is 8.92. The van der Waals surface area contributed by atoms with Gasteiger partial charge in [-0.1, -0.05) is 23.8 Å². The molecule has 1 fully saturated rings. The van der Waals surface area contributed by atoms with E-state index in [4.69, 9.17) is 14.2 Å². The number of ether oxygens (including phenoxy) is 3. The van der Waals surface area contributed by atoms with Crippen LogP contribution in [0.5, 0.6) is 11.5 Å². The molecule has 0 saturated carbocycles. The highest BCUT2D eigenvalue weighted by Gasteiger charge is 2.40. The zero-order chi connectivity index (χ0) is 17.4. The van der Waals surface area contributed by atoms with Crippen LogP contribution >= 0.6 is 0 Å². The summed E-state index contributed by atoms with van der Waals surface area (Å²) in [4.78, 5) is 0. The van der Waals surface area contributed by atoms with Crippen LogP contribution in [0.4, 0.5) is 5.69 Å². The molecule has 2 aliphatic rings. The maximum absolute atomic E-state index is 6.22. The Hall–Kier alpha value is -2.20. The molecule has 132 valence electrons. The third kappa shape index (κ3) is 2.85. The van der Waals surface area contributed by atoms with E-state index in [1.54, 1.807) is 14.2 Å². The Morgan fingerprint density at radius 3 is 2.68 bits per heavy atom. The topological polar surface area (TPSA) is 39.7 Å². The van der Waals surface area contributed by atoms with Crippen LogP contribution in [-0.4, -0.2) is 20.8 Å². The Labute approximate surface area is 149 Å². The molecule has 3 atom stereocenters. The molecule has 1 saturated heterocycles. The summed E-state index contributed by atoms with van der Waals surface area (Å²) in [7, 11) is 3.35. The van der Waals surface area contributed by atoms with Gasteiger partial charge in [-0.3, -0.25) is 0 Å². The minimum absolute atomic E-state index is 0.156. The molecule has 1 N–H and O–H groups in total. The molecule has 1 unspecified atom stereocenters. The van der Waals surface area contributed by atoms with Crippen LogP contribution in [0, 0.1) is 12.8 Å². The van der Waals surface area contributed by atoms with Gasteiger partial charge in [0.15, 0.2) is 11.5 Å². The highest BCUT2D eigenvalue weighted by molar-refractivity contribution is 5.59. The van der Waals surface area contributed by atoms with Gasteiger partial charge in [0, 0.05) is 23.8 Å². The van der Waals surface area contributed by atoms with Crippen LogP contribution in [0.3, 0.4) is 0 Å². The predicted molar refractivity (Wildman–Crippen MR) is 98.5 cm³/mol. The Morgan fingerprint density at radius 1 is 1.04 bits per heavy atom. The van der Waals surface area contributed by atoms with Crippen molar-refractivity contribution in [1.29, 1.82) is 0 Å². The molecule has 4 nitrogen and oxygen atoms in total. The number of rotatable bonds is 3. The fraction of sp³-hybridized carbons (Fsp3) is 0.429. The summed E-state index contributed by atoms with van der Waals surface area (Å²) in [5, 5.41) is 3.75. The van der Waals surface area contributed by atoms with Gasteiger partial charge in [-0.2, -0.15) is 0 Å². The van der Waals surface area contributed by atoms with E-state index in [1.807, 2.05) is 6.07 Å². The number of nitrogens with one attached hydrogen (secondary N) is 1. The highest BCUT2D eigenvalue weighted by atomic mass is 16.5. The molecule has 0 bridgehead atoms. The van der Waals surface area contributed by atoms with E-state index in [2.05, 4.69) is 42.6 Å². The van der Waals surface area contributed by atoms with E-state index in [0.29, 0.717) is 5.92 Å². The van der Waals surface area contributed by atoms with Crippen LogP contribution in [0.25, 0.3) is 0 Å². The lowest BCUT2D eigenvalue weighted by Gasteiger charge is -2.43. The maximum atomic E-state index is 6.22. The van der Waals surface area contributed by atoms with Gasteiger partial charge in [0.1, 0.15) is 0 Å². The molecular formula is C21H25NO3. The lowest BCUT2D eigenvalue weighted by atomic mass is 9.77. The monoisotopic (exact) mass is 339 g/mol. The van der Waals surface area contributed by atoms with Crippen LogP contribution in [0.15, 0.2) is 36.4 Å². The first-order chi connectivity index (χ1) is 12.2. The van der Waals surface area contributed by atoms with Crippen LogP contribution in [0.1, 0.15) is 41.7 Å². The molecular weight excluding hydrogens is 314 g/mol. The van der Waals surface area contributed by atoms with E-state index in [0.717, 1.165) is 30.9 Å². The van der Waals surface area contributed by atoms with Crippen LogP contribution < -0.4 is 14.8 Å². The molecule has 2 aromatic rings. The molecule has 0 spiro atoms. The fourth-order valence-electron chi connectivity index (χ4n) is 4.17. The van der Waals surface area contributed by atoms with Gasteiger partial charge in [0.05, 0.1) is 26.4 Å². The molecule has 4 heteroatoms. The van der Waals surface area contributed by atoms with Crippen molar-refractivity contribution in [1.82, 2.24) is 0 Å². The number of anilines is 1. The Kier molecular flexibility index (Phi) is 4.30. The van der Waals surface area contributed by atoms with Crippen LogP contribution in [0.2, 0.25) is 0 Å². The van der Waals surface area contributed by atoms with E-state index >= 15 is 0 Å². The lowest BCUT2D eigenvalue weighted by molar-refractivity contribution is -0.0381. The Bertz CT molecular complexity index is 774. The average Bonchev–Trinajstić information content (AvgIpc) is 2.67. The second-order valence-electron chi connectivity index (χ2n) is 6.92. The standard InChI is InChI=1S/C21H25NO3/c1-13-6-8-17-16(11-13)21-15(5-4-10-25-21)20(22-17)14-7-9-18(23-2)19(12-14)24-3/h6-9,11-12,15,20-22H,4-5,10H2,1-3H3/t15-,20?,21-/m0/s1. The van der Waals surface area contributed by atoms with Gasteiger partial charge >= 0.3 is 0 Å². The summed E-state index contributed by atoms with van der Waals surface area (Å²) in [5.74, 6) is 1.94. The summed E-state index contributed by atoms with van der Waals surface area (Å²) >= 11 is 0. The van der Waals surface area contributed by atoms with Crippen molar-refractivity contribution in [2.45, 2.75) is 31.9 Å². The molecule has 0 aromatic heterocycles. The summed E-state index contributed by atoms with van der Waals surface area (Å²) in [6.07, 6.45) is 2.42. The quantitative estimate of drug-likeness (QED) is 0.884. The molecule has 0 aliphatic carbocycles. The first kappa shape index (κ1) is 16.3. The van der Waals surface area contributed by atoms with Crippen molar-refractivity contribution in [2.24, 2.45) is 5.92 Å². The largest absolute Gasteiger partial charge is 0.493 e. The van der Waals surface area contributed by atoms with Gasteiger partial charge in [0.25, 0.3) is 0 Å². The molecule has 2 aliphatic heterocycles. The normalized spacial score (nSPS) is 24.7. The van der Waals surface area contributed by atoms with Crippen LogP contribution in [-0.2, 0) is 4.74 Å². The van der Waals surface area contributed by atoms with E-state index in [9.17, 15) is 0 Å². The molecule has 2 aromatic carbocycles. The van der Waals surface area contributed by atoms with E-state index in [-0.39, 0.29) is 12.1 Å². The van der Waals surface area contributed by atoms with Gasteiger partial charge < -0.3 is 19.5 Å². The van der Waals surface area contributed by atoms with Crippen molar-refractivity contribution in [3.63, 3.8) is 0 Å². The Morgan fingerprint density at radius 2 is 1.88 bits per heavy atom. The smallest absolute Gasteiger partial charge is 0.161 e. The van der Waals surface area contributed by atoms with Gasteiger partial charge in [-0.15, -0.1) is 0 Å². The summed E-state index contributed by atoms with van der Waals surface area (Å²) in [6.45, 7) is 2.98. The minimum atomic E-state index is 0.156. The number of benzene rings is 2. The Balaban J connectivity index is 1.76. The van der Waals surface area contributed by atoms with Gasteiger partial charge in [-0.25, -0.2) is 0 Å². The lowest BCUT2D eigenvalue weighted by Crippen LogP contribution is -2.36. The van der Waals surface area contributed by atoms with Crippen molar-refractivity contribution in [2.75, 3.05) is 26.1 Å². The van der Waals surface area contributed by atoms with Crippen molar-refractivity contribution in [3.05, 3.63) is 53.1 Å². The molecule has 0 amide bonds. The fourth-order valence-corrected chi connectivity index (χ4v) is 4.17. The molecule has 25 heavy (non-hydrogen) atoms. The first-order valence-electron chi connectivity index (χ1n) is 8.92. The number of hydrogen-bond donors (Lipinski definition) is 1. The van der Waals surface area contributed by atoms with E-state index in [1.165, 1.54) is 22.4 Å². The van der Waals surface area contributed by atoms with Crippen molar-refractivity contribution < 1.29 is 14.2 Å². The van der Waals surface area contributed by atoms with Gasteiger partial charge in [0.2, 0.25) is 0 Å². The van der Waals surface area contributed by atoms with Crippen molar-refractivity contribution in [3.8, 4) is 11.5 Å². The third-order valence-corrected chi connectivity index (χ3v) is 5.39. The summed E-state index contributed by atoms with van der Waals surface area (Å²) < 4.78 is 17.1. The molecule has 4 rings (SSSR count). The zero-order valence-electron chi connectivity index (χ0n) is 15.0. The summed E-state index contributed by atoms with van der Waals surface area (Å²) in [5.41, 5.74) is 4.96. The third-order valence-electron chi connectivity index (χ3n) is 5.39. The summed E-state index contributed by atoms with van der Waals surface area (Å²) in [6, 6.07) is 13.0. The van der Waals surface area contributed by atoms with Gasteiger partial charge in [-0.05, 0) is 43.5 Å². The second-order valence-corrected chi connectivity index (χ2v) is 6.92.